The Morgan fingerprint density at radius 3 is 1.51 bits per heavy atom. The number of hydrogen-bond acceptors (Lipinski definition) is 4. The number of benzene rings is 9. The summed E-state index contributed by atoms with van der Waals surface area (Å²) in [6.07, 6.45) is 0. The summed E-state index contributed by atoms with van der Waals surface area (Å²) >= 11 is 1.87. The molecule has 13 rings (SSSR count). The van der Waals surface area contributed by atoms with Crippen LogP contribution in [0.4, 0.5) is 0 Å². The molecule has 13 aromatic rings. The Morgan fingerprint density at radius 1 is 0.317 bits per heavy atom. The highest BCUT2D eigenvalue weighted by Crippen LogP contribution is 2.45. The quantitative estimate of drug-likeness (QED) is 0.168. The molecule has 0 saturated carbocycles. The van der Waals surface area contributed by atoms with Crippen LogP contribution in [-0.2, 0) is 0 Å². The molecule has 0 amide bonds. The van der Waals surface area contributed by atoms with Gasteiger partial charge in [-0.05, 0) is 54.1 Å². The van der Waals surface area contributed by atoms with Gasteiger partial charge < -0.3 is 9.13 Å². The second kappa shape index (κ2) is 14.2. The summed E-state index contributed by atoms with van der Waals surface area (Å²) in [4.78, 5) is 15.8. The second-order valence-corrected chi connectivity index (χ2v) is 17.0. The van der Waals surface area contributed by atoms with Gasteiger partial charge in [0.15, 0.2) is 17.5 Å². The van der Waals surface area contributed by atoms with Gasteiger partial charge in [0.2, 0.25) is 0 Å². The lowest BCUT2D eigenvalue weighted by Crippen LogP contribution is -2.04. The van der Waals surface area contributed by atoms with Crippen LogP contribution in [0.15, 0.2) is 212 Å². The first-order valence-electron chi connectivity index (χ1n) is 21.2. The van der Waals surface area contributed by atoms with E-state index in [1.54, 1.807) is 0 Å². The zero-order chi connectivity index (χ0) is 41.4. The van der Waals surface area contributed by atoms with Crippen molar-refractivity contribution >= 4 is 75.1 Å². The maximum atomic E-state index is 5.36. The highest BCUT2D eigenvalue weighted by atomic mass is 32.1. The zero-order valence-electron chi connectivity index (χ0n) is 33.9. The van der Waals surface area contributed by atoms with Crippen molar-refractivity contribution in [3.63, 3.8) is 0 Å². The van der Waals surface area contributed by atoms with E-state index >= 15 is 0 Å². The van der Waals surface area contributed by atoms with Gasteiger partial charge in [-0.15, -0.1) is 11.3 Å². The highest BCUT2D eigenvalue weighted by Gasteiger charge is 2.23. The number of fused-ring (bicyclic) bond motifs is 10. The van der Waals surface area contributed by atoms with E-state index in [1.165, 1.54) is 52.8 Å². The summed E-state index contributed by atoms with van der Waals surface area (Å²) in [5.74, 6) is 1.84. The predicted molar refractivity (Wildman–Crippen MR) is 263 cm³/mol. The standard InChI is InChI=1S/C57H35N5S/c1-3-17-36(18-4-1)55-58-56(37-19-5-2-6-20-37)60-57(59-55)45-35-38(39-21-7-12-26-46(39)61-47-27-13-8-22-40(47)41-23-9-14-28-48(41)61)31-33-50(45)62-49-29-15-10-25-44(49)53-51(62)34-32-43-42-24-11-16-30-52(42)63-54(43)53/h1-35H. The molecule has 0 radical (unpaired) electrons. The first-order valence-corrected chi connectivity index (χ1v) is 22.0. The number of para-hydroxylation sites is 4. The predicted octanol–water partition coefficient (Wildman–Crippen LogP) is 15.1. The zero-order valence-corrected chi connectivity index (χ0v) is 34.7. The molecule has 0 unspecified atom stereocenters. The van der Waals surface area contributed by atoms with Gasteiger partial charge in [-0.25, -0.2) is 15.0 Å². The van der Waals surface area contributed by atoms with Crippen LogP contribution in [0.25, 0.3) is 120 Å². The average Bonchev–Trinajstić information content (AvgIpc) is 4.02. The molecule has 9 aromatic carbocycles. The van der Waals surface area contributed by atoms with Crippen LogP contribution in [-0.4, -0.2) is 24.1 Å². The van der Waals surface area contributed by atoms with Crippen LogP contribution in [0.2, 0.25) is 0 Å². The lowest BCUT2D eigenvalue weighted by Gasteiger charge is -2.18. The molecule has 0 fully saturated rings. The van der Waals surface area contributed by atoms with Gasteiger partial charge in [0.1, 0.15) is 0 Å². The normalized spacial score (nSPS) is 11.8. The Bertz CT molecular complexity index is 3810. The fourth-order valence-electron chi connectivity index (χ4n) is 9.60. The van der Waals surface area contributed by atoms with Crippen molar-refractivity contribution in [2.24, 2.45) is 0 Å². The third-order valence-corrected chi connectivity index (χ3v) is 13.6. The van der Waals surface area contributed by atoms with Crippen LogP contribution in [0, 0.1) is 0 Å². The van der Waals surface area contributed by atoms with Crippen molar-refractivity contribution in [1.82, 2.24) is 24.1 Å². The van der Waals surface area contributed by atoms with E-state index < -0.39 is 0 Å². The van der Waals surface area contributed by atoms with E-state index in [9.17, 15) is 0 Å². The molecule has 0 aliphatic rings. The van der Waals surface area contributed by atoms with Crippen molar-refractivity contribution in [2.45, 2.75) is 0 Å². The third kappa shape index (κ3) is 5.59. The van der Waals surface area contributed by atoms with Gasteiger partial charge in [0.05, 0.1) is 33.4 Å². The van der Waals surface area contributed by atoms with Crippen molar-refractivity contribution in [2.75, 3.05) is 0 Å². The first-order chi connectivity index (χ1) is 31.3. The molecule has 0 bridgehead atoms. The number of aromatic nitrogens is 5. The number of nitrogens with zero attached hydrogens (tertiary/aromatic N) is 5. The fraction of sp³-hybridized carbons (Fsp3) is 0. The van der Waals surface area contributed by atoms with E-state index in [0.29, 0.717) is 17.5 Å². The highest BCUT2D eigenvalue weighted by molar-refractivity contribution is 7.26. The molecule has 0 aliphatic heterocycles. The molecule has 0 atom stereocenters. The van der Waals surface area contributed by atoms with E-state index in [4.69, 9.17) is 15.0 Å². The van der Waals surface area contributed by atoms with Crippen molar-refractivity contribution < 1.29 is 0 Å². The minimum atomic E-state index is 0.600. The average molecular weight is 822 g/mol. The maximum Gasteiger partial charge on any atom is 0.166 e. The van der Waals surface area contributed by atoms with Gasteiger partial charge in [-0.1, -0.05) is 164 Å². The molecule has 0 N–H and O–H groups in total. The van der Waals surface area contributed by atoms with Crippen LogP contribution in [0.3, 0.4) is 0 Å². The van der Waals surface area contributed by atoms with Crippen LogP contribution >= 0.6 is 11.3 Å². The molecule has 0 spiro atoms. The van der Waals surface area contributed by atoms with Gasteiger partial charge in [0.25, 0.3) is 0 Å². The van der Waals surface area contributed by atoms with Crippen LogP contribution in [0.1, 0.15) is 0 Å². The topological polar surface area (TPSA) is 48.5 Å². The summed E-state index contributed by atoms with van der Waals surface area (Å²) in [6.45, 7) is 0. The number of thiophene rings is 1. The summed E-state index contributed by atoms with van der Waals surface area (Å²) in [6, 6.07) is 75.5. The fourth-order valence-corrected chi connectivity index (χ4v) is 10.9. The minimum absolute atomic E-state index is 0.600. The number of rotatable bonds is 6. The molecule has 4 heterocycles. The largest absolute Gasteiger partial charge is 0.309 e. The molecule has 63 heavy (non-hydrogen) atoms. The van der Waals surface area contributed by atoms with Crippen molar-refractivity contribution in [1.29, 1.82) is 0 Å². The van der Waals surface area contributed by atoms with Gasteiger partial charge in [-0.2, -0.15) is 0 Å². The molecular weight excluding hydrogens is 787 g/mol. The van der Waals surface area contributed by atoms with Gasteiger partial charge >= 0.3 is 0 Å². The number of hydrogen-bond donors (Lipinski definition) is 0. The molecule has 0 aliphatic carbocycles. The van der Waals surface area contributed by atoms with E-state index in [0.717, 1.165) is 50.2 Å². The molecule has 5 nitrogen and oxygen atoms in total. The summed E-state index contributed by atoms with van der Waals surface area (Å²) in [5.41, 5.74) is 11.6. The minimum Gasteiger partial charge on any atom is -0.309 e. The molecule has 0 saturated heterocycles. The van der Waals surface area contributed by atoms with Crippen LogP contribution in [0.5, 0.6) is 0 Å². The Kier molecular flexibility index (Phi) is 8.01. The summed E-state index contributed by atoms with van der Waals surface area (Å²) in [7, 11) is 0. The Morgan fingerprint density at radius 2 is 0.825 bits per heavy atom. The molecule has 6 heteroatoms. The Hall–Kier alpha value is -8.19. The third-order valence-electron chi connectivity index (χ3n) is 12.4. The van der Waals surface area contributed by atoms with Crippen molar-refractivity contribution in [3.05, 3.63) is 212 Å². The van der Waals surface area contributed by atoms with E-state index in [-0.39, 0.29) is 0 Å². The maximum absolute atomic E-state index is 5.36. The smallest absolute Gasteiger partial charge is 0.166 e. The SMILES string of the molecule is c1ccc(-c2nc(-c3ccccc3)nc(-c3cc(-c4ccccc4-n4c5ccccc5c5ccccc54)ccc3-n3c4ccccc4c4c5sc6ccccc6c5ccc43)n2)cc1. The van der Waals surface area contributed by atoms with E-state index in [2.05, 4.69) is 185 Å². The summed E-state index contributed by atoms with van der Waals surface area (Å²) < 4.78 is 7.40. The molecule has 294 valence electrons. The summed E-state index contributed by atoms with van der Waals surface area (Å²) in [5, 5.41) is 7.48. The van der Waals surface area contributed by atoms with Crippen LogP contribution < -0.4 is 0 Å². The Balaban J connectivity index is 1.12. The first kappa shape index (κ1) is 35.6. The van der Waals surface area contributed by atoms with Gasteiger partial charge in [0, 0.05) is 64.0 Å². The van der Waals surface area contributed by atoms with Crippen molar-refractivity contribution in [3.8, 4) is 56.7 Å². The lowest BCUT2D eigenvalue weighted by atomic mass is 9.99. The monoisotopic (exact) mass is 821 g/mol. The lowest BCUT2D eigenvalue weighted by molar-refractivity contribution is 1.06. The second-order valence-electron chi connectivity index (χ2n) is 15.9. The molecule has 4 aromatic heterocycles. The Labute approximate surface area is 366 Å². The van der Waals surface area contributed by atoms with E-state index in [1.807, 2.05) is 47.7 Å². The molecular formula is C57H35N5S. The van der Waals surface area contributed by atoms with Gasteiger partial charge in [-0.3, -0.25) is 0 Å².